The highest BCUT2D eigenvalue weighted by molar-refractivity contribution is 5.87. The molecule has 5 nitrogen and oxygen atoms in total. The second-order valence-electron chi connectivity index (χ2n) is 5.48. The largest absolute Gasteiger partial charge is 0.497 e. The number of ether oxygens (including phenoxy) is 1. The van der Waals surface area contributed by atoms with Crippen molar-refractivity contribution in [1.82, 2.24) is 4.57 Å². The number of carboxylic acids is 1. The number of hydrogen-bond acceptors (Lipinski definition) is 3. The lowest BCUT2D eigenvalue weighted by molar-refractivity contribution is 0.0694. The zero-order valence-corrected chi connectivity index (χ0v) is 12.9. The molecule has 0 atom stereocenters. The van der Waals surface area contributed by atoms with Crippen LogP contribution in [-0.4, -0.2) is 22.8 Å². The van der Waals surface area contributed by atoms with Crippen molar-refractivity contribution < 1.29 is 14.6 Å². The summed E-state index contributed by atoms with van der Waals surface area (Å²) in [5.41, 5.74) is 0.797. The topological polar surface area (TPSA) is 68.5 Å². The molecule has 0 aliphatic heterocycles. The highest BCUT2D eigenvalue weighted by Crippen LogP contribution is 2.23. The fourth-order valence-electron chi connectivity index (χ4n) is 2.32. The molecule has 0 spiro atoms. The van der Waals surface area contributed by atoms with Crippen LogP contribution in [-0.2, 0) is 6.54 Å². The van der Waals surface area contributed by atoms with Crippen molar-refractivity contribution in [2.75, 3.05) is 7.11 Å². The first-order chi connectivity index (χ1) is 10.4. The van der Waals surface area contributed by atoms with Crippen LogP contribution in [0.1, 0.15) is 24.2 Å². The van der Waals surface area contributed by atoms with Crippen molar-refractivity contribution in [2.24, 2.45) is 5.92 Å². The van der Waals surface area contributed by atoms with Gasteiger partial charge in [0.05, 0.1) is 12.8 Å². The molecule has 0 aliphatic rings. The highest BCUT2D eigenvalue weighted by Gasteiger charge is 2.16. The Labute approximate surface area is 128 Å². The average Bonchev–Trinajstić information content (AvgIpc) is 2.48. The van der Waals surface area contributed by atoms with Crippen LogP contribution in [0.25, 0.3) is 11.3 Å². The molecule has 0 bridgehead atoms. The first kappa shape index (κ1) is 15.8. The summed E-state index contributed by atoms with van der Waals surface area (Å²) in [4.78, 5) is 23.6. The predicted molar refractivity (Wildman–Crippen MR) is 84.5 cm³/mol. The van der Waals surface area contributed by atoms with Gasteiger partial charge in [0.15, 0.2) is 0 Å². The highest BCUT2D eigenvalue weighted by atomic mass is 16.5. The van der Waals surface area contributed by atoms with Gasteiger partial charge in [-0.1, -0.05) is 26.0 Å². The molecule has 0 saturated heterocycles. The van der Waals surface area contributed by atoms with Crippen LogP contribution >= 0.6 is 0 Å². The van der Waals surface area contributed by atoms with Crippen molar-refractivity contribution in [3.8, 4) is 17.0 Å². The number of hydrogen-bond donors (Lipinski definition) is 1. The van der Waals surface area contributed by atoms with Gasteiger partial charge >= 0.3 is 5.97 Å². The molecule has 0 unspecified atom stereocenters. The fraction of sp³-hybridized carbons (Fsp3) is 0.294. The predicted octanol–water partition coefficient (Wildman–Crippen LogP) is 2.88. The zero-order chi connectivity index (χ0) is 16.3. The molecular formula is C17H19NO4. The number of carboxylic acid groups (broad SMARTS) is 1. The molecule has 0 amide bonds. The number of aromatic carboxylic acids is 1. The number of aromatic nitrogens is 1. The minimum absolute atomic E-state index is 0.214. The van der Waals surface area contributed by atoms with E-state index in [1.807, 2.05) is 38.1 Å². The standard InChI is InChI=1S/C17H19NO4/c1-11(2)10-18-15(8-7-14(16(18)19)17(20)21)12-5-4-6-13(9-12)22-3/h4-9,11H,10H2,1-3H3,(H,20,21). The average molecular weight is 301 g/mol. The lowest BCUT2D eigenvalue weighted by Crippen LogP contribution is -2.29. The zero-order valence-electron chi connectivity index (χ0n) is 12.9. The summed E-state index contributed by atoms with van der Waals surface area (Å²) in [5.74, 6) is -0.311. The van der Waals surface area contributed by atoms with Gasteiger partial charge in [-0.25, -0.2) is 4.79 Å². The quantitative estimate of drug-likeness (QED) is 0.922. The van der Waals surface area contributed by atoms with Crippen LogP contribution in [0, 0.1) is 5.92 Å². The van der Waals surface area contributed by atoms with Crippen LogP contribution in [0.2, 0.25) is 0 Å². The van der Waals surface area contributed by atoms with Crippen LogP contribution < -0.4 is 10.3 Å². The molecule has 2 aromatic rings. The molecule has 0 fully saturated rings. The Hall–Kier alpha value is -2.56. The first-order valence-electron chi connectivity index (χ1n) is 7.05. The van der Waals surface area contributed by atoms with E-state index in [0.717, 1.165) is 5.56 Å². The van der Waals surface area contributed by atoms with E-state index in [2.05, 4.69) is 0 Å². The van der Waals surface area contributed by atoms with Crippen LogP contribution in [0.5, 0.6) is 5.75 Å². The van der Waals surface area contributed by atoms with E-state index in [-0.39, 0.29) is 11.5 Å². The summed E-state index contributed by atoms with van der Waals surface area (Å²) in [7, 11) is 1.58. The SMILES string of the molecule is COc1cccc(-c2ccc(C(=O)O)c(=O)n2CC(C)C)c1. The van der Waals surface area contributed by atoms with E-state index in [4.69, 9.17) is 9.84 Å². The van der Waals surface area contributed by atoms with Gasteiger partial charge in [-0.2, -0.15) is 0 Å². The van der Waals surface area contributed by atoms with E-state index in [9.17, 15) is 9.59 Å². The number of benzene rings is 1. The summed E-state index contributed by atoms with van der Waals surface area (Å²) in [6.07, 6.45) is 0. The molecule has 116 valence electrons. The molecule has 0 aliphatic carbocycles. The summed E-state index contributed by atoms with van der Waals surface area (Å²) in [6.45, 7) is 4.41. The van der Waals surface area contributed by atoms with E-state index in [0.29, 0.717) is 18.0 Å². The number of nitrogens with zero attached hydrogens (tertiary/aromatic N) is 1. The summed E-state index contributed by atoms with van der Waals surface area (Å²) >= 11 is 0. The van der Waals surface area contributed by atoms with Gasteiger partial charge in [-0.05, 0) is 30.2 Å². The molecule has 1 N–H and O–H groups in total. The third-order valence-electron chi connectivity index (χ3n) is 3.32. The van der Waals surface area contributed by atoms with Gasteiger partial charge in [-0.3, -0.25) is 4.79 Å². The minimum atomic E-state index is -1.21. The van der Waals surface area contributed by atoms with Crippen molar-refractivity contribution in [3.05, 3.63) is 52.3 Å². The van der Waals surface area contributed by atoms with Crippen LogP contribution in [0.15, 0.2) is 41.2 Å². The number of methoxy groups -OCH3 is 1. The lowest BCUT2D eigenvalue weighted by atomic mass is 10.1. The second kappa shape index (κ2) is 6.47. The molecule has 2 rings (SSSR count). The molecular weight excluding hydrogens is 282 g/mol. The van der Waals surface area contributed by atoms with Crippen molar-refractivity contribution >= 4 is 5.97 Å². The Kier molecular flexibility index (Phi) is 4.65. The molecule has 1 aromatic heterocycles. The summed E-state index contributed by atoms with van der Waals surface area (Å²) in [6, 6.07) is 10.4. The maximum Gasteiger partial charge on any atom is 0.341 e. The Morgan fingerprint density at radius 1 is 1.27 bits per heavy atom. The van der Waals surface area contributed by atoms with Crippen molar-refractivity contribution in [3.63, 3.8) is 0 Å². The molecule has 1 heterocycles. The molecule has 22 heavy (non-hydrogen) atoms. The molecule has 1 aromatic carbocycles. The smallest absolute Gasteiger partial charge is 0.341 e. The molecule has 0 radical (unpaired) electrons. The maximum atomic E-state index is 12.4. The van der Waals surface area contributed by atoms with Crippen LogP contribution in [0.3, 0.4) is 0 Å². The first-order valence-corrected chi connectivity index (χ1v) is 7.05. The number of carbonyl (C=O) groups is 1. The Bertz CT molecular complexity index is 747. The molecule has 0 saturated carbocycles. The van der Waals surface area contributed by atoms with Gasteiger partial charge in [-0.15, -0.1) is 0 Å². The normalized spacial score (nSPS) is 10.7. The van der Waals surface area contributed by atoms with E-state index >= 15 is 0 Å². The third kappa shape index (κ3) is 3.19. The number of pyridine rings is 1. The van der Waals surface area contributed by atoms with Gasteiger partial charge in [0.25, 0.3) is 5.56 Å². The number of rotatable bonds is 5. The Morgan fingerprint density at radius 2 is 2.00 bits per heavy atom. The van der Waals surface area contributed by atoms with E-state index < -0.39 is 11.5 Å². The van der Waals surface area contributed by atoms with Gasteiger partial charge < -0.3 is 14.4 Å². The van der Waals surface area contributed by atoms with Gasteiger partial charge in [0.1, 0.15) is 11.3 Å². The minimum Gasteiger partial charge on any atom is -0.497 e. The van der Waals surface area contributed by atoms with Gasteiger partial charge in [0.2, 0.25) is 0 Å². The second-order valence-corrected chi connectivity index (χ2v) is 5.48. The Balaban J connectivity index is 2.66. The van der Waals surface area contributed by atoms with Crippen molar-refractivity contribution in [1.29, 1.82) is 0 Å². The monoisotopic (exact) mass is 301 g/mol. The summed E-state index contributed by atoms with van der Waals surface area (Å²) < 4.78 is 6.72. The maximum absolute atomic E-state index is 12.4. The lowest BCUT2D eigenvalue weighted by Gasteiger charge is -2.16. The summed E-state index contributed by atoms with van der Waals surface area (Å²) in [5, 5.41) is 9.13. The Morgan fingerprint density at radius 3 is 2.59 bits per heavy atom. The van der Waals surface area contributed by atoms with E-state index in [1.165, 1.54) is 10.6 Å². The van der Waals surface area contributed by atoms with E-state index in [1.54, 1.807) is 13.2 Å². The molecule has 5 heteroatoms. The van der Waals surface area contributed by atoms with Crippen molar-refractivity contribution in [2.45, 2.75) is 20.4 Å². The fourth-order valence-corrected chi connectivity index (χ4v) is 2.32. The third-order valence-corrected chi connectivity index (χ3v) is 3.32. The van der Waals surface area contributed by atoms with Crippen LogP contribution in [0.4, 0.5) is 0 Å². The van der Waals surface area contributed by atoms with Gasteiger partial charge in [0, 0.05) is 12.1 Å².